The second-order valence-corrected chi connectivity index (χ2v) is 11.0. The molecule has 0 radical (unpaired) electrons. The van der Waals surface area contributed by atoms with Crippen LogP contribution in [-0.4, -0.2) is 9.13 Å². The van der Waals surface area contributed by atoms with Gasteiger partial charge in [-0.3, -0.25) is 9.59 Å². The van der Waals surface area contributed by atoms with Crippen molar-refractivity contribution in [2.45, 2.75) is 46.0 Å². The van der Waals surface area contributed by atoms with E-state index >= 15 is 0 Å². The predicted octanol–water partition coefficient (Wildman–Crippen LogP) is 7.17. The molecule has 0 atom stereocenters. The largest absolute Gasteiger partial charge is 0.343 e. The number of pyridine rings is 2. The summed E-state index contributed by atoms with van der Waals surface area (Å²) in [7, 11) is 4.11. The molecule has 4 aromatic carbocycles. The van der Waals surface area contributed by atoms with Crippen LogP contribution < -0.4 is 10.9 Å². The maximum atomic E-state index is 13.6. The minimum atomic E-state index is 0.0954. The molecule has 196 valence electrons. The van der Waals surface area contributed by atoms with Gasteiger partial charge in [0.25, 0.3) is 0 Å². The molecular formula is C35H34N2O2. The first kappa shape index (κ1) is 25.1. The molecule has 0 bridgehead atoms. The summed E-state index contributed by atoms with van der Waals surface area (Å²) in [6.07, 6.45) is 2.47. The lowest BCUT2D eigenvalue weighted by Crippen LogP contribution is -2.13. The Morgan fingerprint density at radius 1 is 0.692 bits per heavy atom. The first-order chi connectivity index (χ1) is 18.8. The van der Waals surface area contributed by atoms with E-state index in [9.17, 15) is 9.59 Å². The third kappa shape index (κ3) is 3.89. The highest BCUT2D eigenvalue weighted by Gasteiger charge is 2.16. The van der Waals surface area contributed by atoms with Gasteiger partial charge in [0.2, 0.25) is 0 Å². The topological polar surface area (TPSA) is 44.0 Å². The van der Waals surface area contributed by atoms with Gasteiger partial charge in [0.1, 0.15) is 0 Å². The van der Waals surface area contributed by atoms with Gasteiger partial charge in [-0.1, -0.05) is 57.2 Å². The van der Waals surface area contributed by atoms with Crippen LogP contribution in [0.5, 0.6) is 0 Å². The van der Waals surface area contributed by atoms with Gasteiger partial charge in [-0.15, -0.1) is 0 Å². The van der Waals surface area contributed by atoms with Gasteiger partial charge in [0, 0.05) is 35.6 Å². The van der Waals surface area contributed by atoms with Crippen molar-refractivity contribution in [2.75, 3.05) is 0 Å². The van der Waals surface area contributed by atoms with Gasteiger partial charge in [-0.2, -0.15) is 0 Å². The molecule has 6 aromatic rings. The highest BCUT2D eigenvalue weighted by molar-refractivity contribution is 5.96. The highest BCUT2D eigenvalue weighted by atomic mass is 16.1. The highest BCUT2D eigenvalue weighted by Crippen LogP contribution is 2.28. The van der Waals surface area contributed by atoms with Crippen LogP contribution in [0.1, 0.15) is 48.9 Å². The van der Waals surface area contributed by atoms with Gasteiger partial charge in [-0.25, -0.2) is 0 Å². The number of rotatable bonds is 5. The second kappa shape index (κ2) is 9.53. The smallest absolute Gasteiger partial charge is 0.197 e. The van der Waals surface area contributed by atoms with Crippen molar-refractivity contribution in [2.24, 2.45) is 14.1 Å². The lowest BCUT2D eigenvalue weighted by molar-refractivity contribution is 0.859. The maximum absolute atomic E-state index is 13.6. The van der Waals surface area contributed by atoms with E-state index in [0.29, 0.717) is 5.92 Å². The van der Waals surface area contributed by atoms with Crippen LogP contribution in [0.15, 0.2) is 82.4 Å². The summed E-state index contributed by atoms with van der Waals surface area (Å²) >= 11 is 0. The molecule has 4 heteroatoms. The summed E-state index contributed by atoms with van der Waals surface area (Å²) in [6, 6.07) is 24.4. The molecular weight excluding hydrogens is 480 g/mol. The van der Waals surface area contributed by atoms with E-state index < -0.39 is 0 Å². The van der Waals surface area contributed by atoms with Gasteiger partial charge in [-0.05, 0) is 83.8 Å². The van der Waals surface area contributed by atoms with E-state index in [1.54, 1.807) is 0 Å². The fourth-order valence-electron chi connectivity index (χ4n) is 6.40. The van der Waals surface area contributed by atoms with E-state index in [2.05, 4.69) is 67.3 Å². The fourth-order valence-corrected chi connectivity index (χ4v) is 6.40. The normalized spacial score (nSPS) is 11.9. The predicted molar refractivity (Wildman–Crippen MR) is 164 cm³/mol. The molecule has 0 spiro atoms. The third-order valence-electron chi connectivity index (χ3n) is 8.46. The van der Waals surface area contributed by atoms with Crippen molar-refractivity contribution >= 4 is 43.6 Å². The summed E-state index contributed by atoms with van der Waals surface area (Å²) in [5, 5.41) is 3.14. The van der Waals surface area contributed by atoms with E-state index in [1.807, 2.05) is 49.5 Å². The summed E-state index contributed by atoms with van der Waals surface area (Å²) < 4.78 is 4.32. The van der Waals surface area contributed by atoms with Gasteiger partial charge in [0.05, 0.1) is 22.1 Å². The third-order valence-corrected chi connectivity index (χ3v) is 8.46. The molecule has 4 nitrogen and oxygen atoms in total. The number of aromatic nitrogens is 2. The summed E-state index contributed by atoms with van der Waals surface area (Å²) in [6.45, 7) is 6.48. The number of fused-ring (bicyclic) bond motifs is 4. The minimum Gasteiger partial charge on any atom is -0.343 e. The molecule has 39 heavy (non-hydrogen) atoms. The Kier molecular flexibility index (Phi) is 6.14. The van der Waals surface area contributed by atoms with Crippen molar-refractivity contribution in [3.63, 3.8) is 0 Å². The number of nitrogens with zero attached hydrogens (tertiary/aromatic N) is 2. The SMILES string of the molecule is CCc1c(CCc2ccc3c(=O)c4cccc(C(C)C)c4n(C)c3c2)ccc2c1c(=O)c1ccccc1n2C. The molecule has 0 saturated heterocycles. The summed E-state index contributed by atoms with van der Waals surface area (Å²) in [5.74, 6) is 0.324. The Morgan fingerprint density at radius 3 is 2.21 bits per heavy atom. The first-order valence-corrected chi connectivity index (χ1v) is 13.9. The number of hydrogen-bond donors (Lipinski definition) is 0. The lowest BCUT2D eigenvalue weighted by Gasteiger charge is -2.17. The van der Waals surface area contributed by atoms with Crippen LogP contribution in [0.25, 0.3) is 43.6 Å². The molecule has 2 heterocycles. The molecule has 2 aromatic heterocycles. The number of para-hydroxylation sites is 2. The molecule has 0 fully saturated rings. The molecule has 0 saturated carbocycles. The van der Waals surface area contributed by atoms with Crippen molar-refractivity contribution in [1.82, 2.24) is 9.13 Å². The zero-order valence-electron chi connectivity index (χ0n) is 23.3. The summed E-state index contributed by atoms with van der Waals surface area (Å²) in [4.78, 5) is 27.0. The number of benzene rings is 4. The van der Waals surface area contributed by atoms with E-state index in [1.165, 1.54) is 16.7 Å². The molecule has 0 aliphatic heterocycles. The van der Waals surface area contributed by atoms with Crippen LogP contribution in [0, 0.1) is 0 Å². The van der Waals surface area contributed by atoms with E-state index in [0.717, 1.165) is 68.4 Å². The monoisotopic (exact) mass is 514 g/mol. The van der Waals surface area contributed by atoms with Crippen molar-refractivity contribution < 1.29 is 0 Å². The van der Waals surface area contributed by atoms with Gasteiger partial charge < -0.3 is 9.13 Å². The second-order valence-electron chi connectivity index (χ2n) is 11.0. The van der Waals surface area contributed by atoms with Crippen LogP contribution in [0.4, 0.5) is 0 Å². The lowest BCUT2D eigenvalue weighted by atomic mass is 9.93. The molecule has 0 aliphatic carbocycles. The number of hydrogen-bond acceptors (Lipinski definition) is 2. The zero-order chi connectivity index (χ0) is 27.4. The van der Waals surface area contributed by atoms with Crippen LogP contribution in [0.2, 0.25) is 0 Å². The standard InChI is InChI=1S/C35H34N2O2/c1-6-24-23(17-19-30-32(24)35(39)26-10-7-8-13-29(26)36(30)4)16-14-22-15-18-27-31(20-22)37(5)33-25(21(2)3)11-9-12-28(33)34(27)38/h7-13,15,17-21H,6,14,16H2,1-5H3. The Bertz CT molecular complexity index is 2040. The first-order valence-electron chi connectivity index (χ1n) is 13.9. The van der Waals surface area contributed by atoms with Crippen LogP contribution >= 0.6 is 0 Å². The van der Waals surface area contributed by atoms with Crippen LogP contribution in [-0.2, 0) is 33.4 Å². The van der Waals surface area contributed by atoms with Gasteiger partial charge >= 0.3 is 0 Å². The average Bonchev–Trinajstić information content (AvgIpc) is 2.96. The zero-order valence-corrected chi connectivity index (χ0v) is 23.3. The van der Waals surface area contributed by atoms with E-state index in [-0.39, 0.29) is 10.9 Å². The minimum absolute atomic E-state index is 0.0954. The average molecular weight is 515 g/mol. The quantitative estimate of drug-likeness (QED) is 0.229. The molecule has 0 N–H and O–H groups in total. The van der Waals surface area contributed by atoms with E-state index in [4.69, 9.17) is 0 Å². The van der Waals surface area contributed by atoms with Crippen molar-refractivity contribution in [3.8, 4) is 0 Å². The number of aryl methyl sites for hydroxylation is 5. The Morgan fingerprint density at radius 2 is 1.44 bits per heavy atom. The Hall–Kier alpha value is -4.18. The molecule has 0 amide bonds. The van der Waals surface area contributed by atoms with Crippen LogP contribution in [0.3, 0.4) is 0 Å². The maximum Gasteiger partial charge on any atom is 0.197 e. The van der Waals surface area contributed by atoms with Gasteiger partial charge in [0.15, 0.2) is 10.9 Å². The molecule has 0 aliphatic rings. The summed E-state index contributed by atoms with van der Waals surface area (Å²) in [5.41, 5.74) is 8.87. The van der Waals surface area contributed by atoms with Crippen molar-refractivity contribution in [1.29, 1.82) is 0 Å². The molecule has 0 unspecified atom stereocenters. The Balaban J connectivity index is 1.45. The Labute approximate surface area is 228 Å². The fraction of sp³-hybridized carbons (Fsp3) is 0.257. The van der Waals surface area contributed by atoms with Crippen molar-refractivity contribution in [3.05, 3.63) is 115 Å². The molecule has 6 rings (SSSR count).